The van der Waals surface area contributed by atoms with E-state index in [2.05, 4.69) is 10.1 Å². The Bertz CT molecular complexity index is 989. The van der Waals surface area contributed by atoms with Crippen LogP contribution in [0.3, 0.4) is 0 Å². The Kier molecular flexibility index (Phi) is 4.03. The number of carbonyl (C=O) groups is 1. The maximum Gasteiger partial charge on any atom is 0.278 e. The molecule has 0 saturated heterocycles. The minimum atomic E-state index is -0.108. The zero-order valence-corrected chi connectivity index (χ0v) is 14.5. The number of aromatic nitrogens is 3. The molecule has 0 N–H and O–H groups in total. The van der Waals surface area contributed by atoms with E-state index >= 15 is 0 Å². The van der Waals surface area contributed by atoms with Crippen LogP contribution in [0.5, 0.6) is 0 Å². The predicted octanol–water partition coefficient (Wildman–Crippen LogP) is 3.88. The Morgan fingerprint density at radius 2 is 1.84 bits per heavy atom. The first-order chi connectivity index (χ1) is 12.2. The van der Waals surface area contributed by atoms with E-state index in [0.717, 1.165) is 15.8 Å². The van der Waals surface area contributed by atoms with Gasteiger partial charge in [-0.1, -0.05) is 53.8 Å². The fraction of sp³-hybridized carbons (Fsp3) is 0.105. The third-order valence-electron chi connectivity index (χ3n) is 3.98. The molecule has 0 fully saturated rings. The largest absolute Gasteiger partial charge is 0.278 e. The summed E-state index contributed by atoms with van der Waals surface area (Å²) in [6.07, 6.45) is 1.63. The lowest BCUT2D eigenvalue weighted by Gasteiger charge is -2.20. The number of fused-ring (bicyclic) bond motifs is 1. The van der Waals surface area contributed by atoms with Crippen molar-refractivity contribution in [1.29, 1.82) is 0 Å². The van der Waals surface area contributed by atoms with Crippen molar-refractivity contribution in [3.63, 3.8) is 0 Å². The molecule has 4 rings (SSSR count). The van der Waals surface area contributed by atoms with E-state index in [1.807, 2.05) is 54.6 Å². The van der Waals surface area contributed by atoms with Gasteiger partial charge in [0.15, 0.2) is 5.13 Å². The molecule has 0 unspecified atom stereocenters. The number of anilines is 1. The number of para-hydroxylation sites is 1. The summed E-state index contributed by atoms with van der Waals surface area (Å²) in [5, 5.41) is 4.81. The van der Waals surface area contributed by atoms with Crippen LogP contribution in [0.25, 0.3) is 10.2 Å². The standard InChI is InChI=1S/C19H16N4OS/c1-22-16(11-12-20-22)18(24)23(13-14-7-3-2-4-8-14)19-21-15-9-5-6-10-17(15)25-19/h2-12H,13H2,1H3. The number of benzene rings is 2. The fourth-order valence-electron chi connectivity index (χ4n) is 2.69. The van der Waals surface area contributed by atoms with Gasteiger partial charge in [-0.25, -0.2) is 4.98 Å². The predicted molar refractivity (Wildman–Crippen MR) is 99.8 cm³/mol. The maximum absolute atomic E-state index is 13.1. The Hall–Kier alpha value is -2.99. The van der Waals surface area contributed by atoms with Gasteiger partial charge in [0.25, 0.3) is 5.91 Å². The molecule has 4 aromatic rings. The molecule has 25 heavy (non-hydrogen) atoms. The van der Waals surface area contributed by atoms with Crippen LogP contribution in [-0.2, 0) is 13.6 Å². The molecule has 6 heteroatoms. The van der Waals surface area contributed by atoms with E-state index in [1.54, 1.807) is 28.9 Å². The number of hydrogen-bond acceptors (Lipinski definition) is 4. The summed E-state index contributed by atoms with van der Waals surface area (Å²) in [6.45, 7) is 0.463. The molecule has 124 valence electrons. The second kappa shape index (κ2) is 6.49. The van der Waals surface area contributed by atoms with Crippen LogP contribution < -0.4 is 4.90 Å². The summed E-state index contributed by atoms with van der Waals surface area (Å²) in [4.78, 5) is 19.5. The first kappa shape index (κ1) is 15.5. The van der Waals surface area contributed by atoms with Gasteiger partial charge in [-0.05, 0) is 23.8 Å². The average Bonchev–Trinajstić information content (AvgIpc) is 3.25. The van der Waals surface area contributed by atoms with Crippen LogP contribution in [0.15, 0.2) is 66.9 Å². The Labute approximate surface area is 149 Å². The van der Waals surface area contributed by atoms with Gasteiger partial charge < -0.3 is 0 Å². The first-order valence-electron chi connectivity index (χ1n) is 7.92. The van der Waals surface area contributed by atoms with E-state index in [0.29, 0.717) is 17.4 Å². The normalized spacial score (nSPS) is 10.9. The molecule has 1 amide bonds. The third kappa shape index (κ3) is 3.04. The molecule has 0 aliphatic carbocycles. The molecule has 2 aromatic heterocycles. The molecule has 0 spiro atoms. The summed E-state index contributed by atoms with van der Waals surface area (Å²) < 4.78 is 2.65. The quantitative estimate of drug-likeness (QED) is 0.562. The highest BCUT2D eigenvalue weighted by Gasteiger charge is 2.23. The highest BCUT2D eigenvalue weighted by molar-refractivity contribution is 7.22. The van der Waals surface area contributed by atoms with Gasteiger partial charge in [0.2, 0.25) is 0 Å². The minimum Gasteiger partial charge on any atom is -0.278 e. The molecular weight excluding hydrogens is 332 g/mol. The lowest BCUT2D eigenvalue weighted by molar-refractivity contribution is 0.0976. The summed E-state index contributed by atoms with van der Waals surface area (Å²) in [5.74, 6) is -0.108. The fourth-order valence-corrected chi connectivity index (χ4v) is 3.65. The van der Waals surface area contributed by atoms with Crippen LogP contribution in [-0.4, -0.2) is 20.7 Å². The van der Waals surface area contributed by atoms with Crippen molar-refractivity contribution in [3.05, 3.63) is 78.1 Å². The van der Waals surface area contributed by atoms with Gasteiger partial charge in [0.1, 0.15) is 5.69 Å². The monoisotopic (exact) mass is 348 g/mol. The van der Waals surface area contributed by atoms with E-state index < -0.39 is 0 Å². The van der Waals surface area contributed by atoms with Crippen LogP contribution in [0, 0.1) is 0 Å². The van der Waals surface area contributed by atoms with Gasteiger partial charge in [-0.2, -0.15) is 5.10 Å². The van der Waals surface area contributed by atoms with Crippen LogP contribution in [0.2, 0.25) is 0 Å². The molecular formula is C19H16N4OS. The molecule has 0 atom stereocenters. The maximum atomic E-state index is 13.1. The van der Waals surface area contributed by atoms with Crippen molar-refractivity contribution in [2.24, 2.45) is 7.05 Å². The van der Waals surface area contributed by atoms with Gasteiger partial charge in [0.05, 0.1) is 16.8 Å². The smallest absolute Gasteiger partial charge is 0.278 e. The summed E-state index contributed by atoms with van der Waals surface area (Å²) in [7, 11) is 1.77. The number of carbonyl (C=O) groups excluding carboxylic acids is 1. The van der Waals surface area contributed by atoms with E-state index in [9.17, 15) is 4.79 Å². The Morgan fingerprint density at radius 3 is 2.56 bits per heavy atom. The van der Waals surface area contributed by atoms with Crippen molar-refractivity contribution in [3.8, 4) is 0 Å². The molecule has 0 radical (unpaired) electrons. The molecule has 0 aliphatic rings. The second-order valence-corrected chi connectivity index (χ2v) is 6.69. The van der Waals surface area contributed by atoms with Gasteiger partial charge in [-0.3, -0.25) is 14.4 Å². The summed E-state index contributed by atoms with van der Waals surface area (Å²) in [5.41, 5.74) is 2.49. The second-order valence-electron chi connectivity index (χ2n) is 5.68. The topological polar surface area (TPSA) is 51.0 Å². The van der Waals surface area contributed by atoms with Crippen molar-refractivity contribution in [2.45, 2.75) is 6.54 Å². The lowest BCUT2D eigenvalue weighted by Crippen LogP contribution is -2.31. The zero-order valence-electron chi connectivity index (χ0n) is 13.7. The summed E-state index contributed by atoms with van der Waals surface area (Å²) in [6, 6.07) is 19.6. The van der Waals surface area contributed by atoms with Gasteiger partial charge in [0, 0.05) is 13.2 Å². The molecule has 0 aliphatic heterocycles. The number of hydrogen-bond donors (Lipinski definition) is 0. The number of aryl methyl sites for hydroxylation is 1. The Morgan fingerprint density at radius 1 is 1.08 bits per heavy atom. The average molecular weight is 348 g/mol. The molecule has 0 saturated carbocycles. The summed E-state index contributed by atoms with van der Waals surface area (Å²) >= 11 is 1.52. The molecule has 5 nitrogen and oxygen atoms in total. The van der Waals surface area contributed by atoms with E-state index in [4.69, 9.17) is 0 Å². The lowest BCUT2D eigenvalue weighted by atomic mass is 10.2. The SMILES string of the molecule is Cn1nccc1C(=O)N(Cc1ccccc1)c1nc2ccccc2s1. The molecule has 2 heterocycles. The van der Waals surface area contributed by atoms with Crippen molar-refractivity contribution < 1.29 is 4.79 Å². The van der Waals surface area contributed by atoms with Crippen LogP contribution >= 0.6 is 11.3 Å². The van der Waals surface area contributed by atoms with E-state index in [-0.39, 0.29) is 5.91 Å². The first-order valence-corrected chi connectivity index (χ1v) is 8.73. The third-order valence-corrected chi connectivity index (χ3v) is 5.04. The van der Waals surface area contributed by atoms with Crippen molar-refractivity contribution >= 4 is 32.6 Å². The number of amides is 1. The molecule has 0 bridgehead atoms. The zero-order chi connectivity index (χ0) is 17.2. The minimum absolute atomic E-state index is 0.108. The number of nitrogens with zero attached hydrogens (tertiary/aromatic N) is 4. The Balaban J connectivity index is 1.77. The van der Waals surface area contributed by atoms with Crippen LogP contribution in [0.4, 0.5) is 5.13 Å². The van der Waals surface area contributed by atoms with Crippen molar-refractivity contribution in [2.75, 3.05) is 4.90 Å². The highest BCUT2D eigenvalue weighted by atomic mass is 32.1. The van der Waals surface area contributed by atoms with Crippen molar-refractivity contribution in [1.82, 2.24) is 14.8 Å². The van der Waals surface area contributed by atoms with Crippen LogP contribution in [0.1, 0.15) is 16.1 Å². The molecule has 2 aromatic carbocycles. The number of rotatable bonds is 4. The van der Waals surface area contributed by atoms with Gasteiger partial charge in [-0.15, -0.1) is 0 Å². The van der Waals surface area contributed by atoms with Gasteiger partial charge >= 0.3 is 0 Å². The number of thiazole rings is 1. The van der Waals surface area contributed by atoms with E-state index in [1.165, 1.54) is 11.3 Å². The highest BCUT2D eigenvalue weighted by Crippen LogP contribution is 2.30.